The molecule has 2 rings (SSSR count). The van der Waals surface area contributed by atoms with Crippen molar-refractivity contribution in [1.82, 2.24) is 0 Å². The summed E-state index contributed by atoms with van der Waals surface area (Å²) in [5, 5.41) is 0.708. The van der Waals surface area contributed by atoms with E-state index in [9.17, 15) is 9.59 Å². The zero-order chi connectivity index (χ0) is 11.7. The van der Waals surface area contributed by atoms with E-state index in [4.69, 9.17) is 4.42 Å². The van der Waals surface area contributed by atoms with Crippen LogP contribution in [0.1, 0.15) is 15.9 Å². The van der Waals surface area contributed by atoms with Crippen molar-refractivity contribution in [3.63, 3.8) is 0 Å². The topological polar surface area (TPSA) is 56.5 Å². The van der Waals surface area contributed by atoms with Crippen LogP contribution in [0.5, 0.6) is 0 Å². The molecule has 0 atom stereocenters. The Hall–Kier alpha value is -2.10. The lowest BCUT2D eigenvalue weighted by atomic mass is 10.1. The highest BCUT2D eigenvalue weighted by molar-refractivity contribution is 5.92. The number of rotatable bonds is 1. The highest BCUT2D eigenvalue weighted by Gasteiger charge is 2.13. The van der Waals surface area contributed by atoms with Crippen LogP contribution in [0.15, 0.2) is 33.5 Å². The lowest BCUT2D eigenvalue weighted by Gasteiger charge is -2.01. The minimum Gasteiger partial charge on any atom is -0.465 e. The van der Waals surface area contributed by atoms with E-state index in [0.717, 1.165) is 5.56 Å². The number of hydrogen-bond acceptors (Lipinski definition) is 4. The summed E-state index contributed by atoms with van der Waals surface area (Å²) < 4.78 is 9.51. The third-order valence-electron chi connectivity index (χ3n) is 2.29. The Balaban J connectivity index is 2.74. The Morgan fingerprint density at radius 3 is 2.75 bits per heavy atom. The number of ether oxygens (including phenoxy) is 1. The quantitative estimate of drug-likeness (QED) is 0.541. The second-order valence-corrected chi connectivity index (χ2v) is 3.48. The third kappa shape index (κ3) is 1.69. The van der Waals surface area contributed by atoms with E-state index in [1.54, 1.807) is 6.07 Å². The first-order valence-corrected chi connectivity index (χ1v) is 4.74. The number of methoxy groups -OCH3 is 1. The van der Waals surface area contributed by atoms with Crippen LogP contribution in [0.3, 0.4) is 0 Å². The minimum absolute atomic E-state index is 0.0828. The number of hydrogen-bond donors (Lipinski definition) is 0. The first-order chi connectivity index (χ1) is 7.61. The Morgan fingerprint density at radius 2 is 2.06 bits per heavy atom. The molecule has 0 aliphatic carbocycles. The molecule has 0 aliphatic rings. The van der Waals surface area contributed by atoms with Gasteiger partial charge in [0.1, 0.15) is 11.1 Å². The van der Waals surface area contributed by atoms with Crippen molar-refractivity contribution in [3.05, 3.63) is 45.8 Å². The van der Waals surface area contributed by atoms with Crippen molar-refractivity contribution in [2.75, 3.05) is 7.11 Å². The Bertz CT molecular complexity index is 610. The molecule has 1 aromatic carbocycles. The number of benzene rings is 1. The van der Waals surface area contributed by atoms with E-state index in [-0.39, 0.29) is 5.56 Å². The van der Waals surface area contributed by atoms with Gasteiger partial charge in [0, 0.05) is 5.39 Å². The van der Waals surface area contributed by atoms with Crippen LogP contribution in [-0.2, 0) is 4.74 Å². The monoisotopic (exact) mass is 218 g/mol. The molecule has 0 spiro atoms. The number of carbonyl (C=O) groups excluding carboxylic acids is 1. The summed E-state index contributed by atoms with van der Waals surface area (Å²) in [6, 6.07) is 6.86. The molecule has 0 saturated carbocycles. The van der Waals surface area contributed by atoms with E-state index in [1.165, 1.54) is 13.2 Å². The van der Waals surface area contributed by atoms with Gasteiger partial charge >= 0.3 is 11.6 Å². The molecule has 0 bridgehead atoms. The van der Waals surface area contributed by atoms with Crippen LogP contribution in [-0.4, -0.2) is 13.1 Å². The van der Waals surface area contributed by atoms with Crippen LogP contribution in [0, 0.1) is 6.92 Å². The lowest BCUT2D eigenvalue weighted by Crippen LogP contribution is -2.14. The van der Waals surface area contributed by atoms with Gasteiger partial charge in [0.05, 0.1) is 7.11 Å². The van der Waals surface area contributed by atoms with Crippen molar-refractivity contribution >= 4 is 16.9 Å². The SMILES string of the molecule is COC(=O)c1cc2cc(C)ccc2oc1=O. The summed E-state index contributed by atoms with van der Waals surface area (Å²) in [7, 11) is 1.22. The van der Waals surface area contributed by atoms with E-state index in [0.29, 0.717) is 11.0 Å². The van der Waals surface area contributed by atoms with Gasteiger partial charge in [-0.3, -0.25) is 0 Å². The number of aryl methyl sites for hydroxylation is 1. The molecule has 4 nitrogen and oxygen atoms in total. The van der Waals surface area contributed by atoms with Crippen LogP contribution in [0.2, 0.25) is 0 Å². The molecule has 0 amide bonds. The molecule has 4 heteroatoms. The highest BCUT2D eigenvalue weighted by Crippen LogP contribution is 2.15. The average molecular weight is 218 g/mol. The fourth-order valence-electron chi connectivity index (χ4n) is 1.50. The Kier molecular flexibility index (Phi) is 2.48. The van der Waals surface area contributed by atoms with E-state index < -0.39 is 11.6 Å². The van der Waals surface area contributed by atoms with E-state index in [2.05, 4.69) is 4.74 Å². The van der Waals surface area contributed by atoms with Crippen molar-refractivity contribution < 1.29 is 13.9 Å². The van der Waals surface area contributed by atoms with Gasteiger partial charge in [-0.2, -0.15) is 0 Å². The van der Waals surface area contributed by atoms with Gasteiger partial charge in [-0.05, 0) is 25.1 Å². The van der Waals surface area contributed by atoms with Crippen LogP contribution in [0.25, 0.3) is 11.0 Å². The van der Waals surface area contributed by atoms with E-state index >= 15 is 0 Å². The molecular weight excluding hydrogens is 208 g/mol. The molecule has 0 fully saturated rings. The maximum atomic E-state index is 11.5. The fraction of sp³-hybridized carbons (Fsp3) is 0.167. The van der Waals surface area contributed by atoms with E-state index in [1.807, 2.05) is 19.1 Å². The van der Waals surface area contributed by atoms with Gasteiger partial charge in [-0.15, -0.1) is 0 Å². The average Bonchev–Trinajstić information content (AvgIpc) is 2.28. The molecule has 1 heterocycles. The number of esters is 1. The highest BCUT2D eigenvalue weighted by atomic mass is 16.5. The summed E-state index contributed by atoms with van der Waals surface area (Å²) in [6.07, 6.45) is 0. The molecular formula is C12H10O4. The Morgan fingerprint density at radius 1 is 1.31 bits per heavy atom. The maximum Gasteiger partial charge on any atom is 0.351 e. The summed E-state index contributed by atoms with van der Waals surface area (Å²) in [5.41, 5.74) is 0.726. The first-order valence-electron chi connectivity index (χ1n) is 4.74. The zero-order valence-corrected chi connectivity index (χ0v) is 8.94. The maximum absolute atomic E-state index is 11.5. The third-order valence-corrected chi connectivity index (χ3v) is 2.29. The van der Waals surface area contributed by atoms with Crippen molar-refractivity contribution in [1.29, 1.82) is 0 Å². The van der Waals surface area contributed by atoms with Crippen LogP contribution >= 0.6 is 0 Å². The predicted molar refractivity (Wildman–Crippen MR) is 58.6 cm³/mol. The molecule has 16 heavy (non-hydrogen) atoms. The second kappa shape index (κ2) is 3.81. The molecule has 1 aromatic heterocycles. The lowest BCUT2D eigenvalue weighted by molar-refractivity contribution is 0.0596. The minimum atomic E-state index is -0.683. The summed E-state index contributed by atoms with van der Waals surface area (Å²) >= 11 is 0. The normalized spacial score (nSPS) is 10.4. The molecule has 82 valence electrons. The molecule has 0 N–H and O–H groups in total. The van der Waals surface area contributed by atoms with Gasteiger partial charge in [0.2, 0.25) is 0 Å². The van der Waals surface area contributed by atoms with Crippen LogP contribution in [0.4, 0.5) is 0 Å². The standard InChI is InChI=1S/C12H10O4/c1-7-3-4-10-8(5-7)6-9(11(13)15-2)12(14)16-10/h3-6H,1-2H3. The number of carbonyl (C=O) groups is 1. The Labute approximate surface area is 91.4 Å². The summed E-state index contributed by atoms with van der Waals surface area (Å²) in [4.78, 5) is 22.7. The summed E-state index contributed by atoms with van der Waals surface area (Å²) in [6.45, 7) is 1.92. The van der Waals surface area contributed by atoms with Crippen molar-refractivity contribution in [3.8, 4) is 0 Å². The van der Waals surface area contributed by atoms with Crippen molar-refractivity contribution in [2.24, 2.45) is 0 Å². The summed E-state index contributed by atoms with van der Waals surface area (Å²) in [5.74, 6) is -0.683. The smallest absolute Gasteiger partial charge is 0.351 e. The van der Waals surface area contributed by atoms with Gasteiger partial charge in [0.15, 0.2) is 0 Å². The van der Waals surface area contributed by atoms with Gasteiger partial charge in [0.25, 0.3) is 0 Å². The van der Waals surface area contributed by atoms with Gasteiger partial charge in [-0.25, -0.2) is 9.59 Å². The largest absolute Gasteiger partial charge is 0.465 e. The number of fused-ring (bicyclic) bond motifs is 1. The molecule has 0 saturated heterocycles. The zero-order valence-electron chi connectivity index (χ0n) is 8.94. The fourth-order valence-corrected chi connectivity index (χ4v) is 1.50. The van der Waals surface area contributed by atoms with Gasteiger partial charge in [-0.1, -0.05) is 11.6 Å². The van der Waals surface area contributed by atoms with Crippen molar-refractivity contribution in [2.45, 2.75) is 6.92 Å². The molecule has 0 unspecified atom stereocenters. The predicted octanol–water partition coefficient (Wildman–Crippen LogP) is 1.89. The first kappa shape index (κ1) is 10.4. The van der Waals surface area contributed by atoms with Crippen LogP contribution < -0.4 is 5.63 Å². The molecule has 2 aromatic rings. The molecule has 0 aliphatic heterocycles. The second-order valence-electron chi connectivity index (χ2n) is 3.48. The molecule has 0 radical (unpaired) electrons. The van der Waals surface area contributed by atoms with Gasteiger partial charge < -0.3 is 9.15 Å².